The lowest BCUT2D eigenvalue weighted by Gasteiger charge is -2.11. The van der Waals surface area contributed by atoms with E-state index in [1.165, 1.54) is 37.4 Å². The minimum absolute atomic E-state index is 0.0846. The van der Waals surface area contributed by atoms with E-state index in [0.29, 0.717) is 11.4 Å². The SMILES string of the molecule is COc1ccc([N+](=O)[O-])cc1NCC(=O)NCc1ccc(F)cc1. The second-order valence-corrected chi connectivity index (χ2v) is 4.90. The van der Waals surface area contributed by atoms with E-state index < -0.39 is 4.92 Å². The van der Waals surface area contributed by atoms with Crippen LogP contribution in [0.5, 0.6) is 5.75 Å². The van der Waals surface area contributed by atoms with Crippen LogP contribution < -0.4 is 15.4 Å². The number of carbonyl (C=O) groups excluding carboxylic acids is 1. The van der Waals surface area contributed by atoms with Gasteiger partial charge in [-0.15, -0.1) is 0 Å². The van der Waals surface area contributed by atoms with Crippen LogP contribution in [-0.2, 0) is 11.3 Å². The van der Waals surface area contributed by atoms with Gasteiger partial charge in [-0.3, -0.25) is 14.9 Å². The van der Waals surface area contributed by atoms with Gasteiger partial charge in [0.15, 0.2) is 0 Å². The van der Waals surface area contributed by atoms with Crippen LogP contribution in [0.4, 0.5) is 15.8 Å². The molecule has 126 valence electrons. The van der Waals surface area contributed by atoms with Gasteiger partial charge in [0.2, 0.25) is 5.91 Å². The fraction of sp³-hybridized carbons (Fsp3) is 0.188. The second-order valence-electron chi connectivity index (χ2n) is 4.90. The molecular formula is C16H16FN3O4. The van der Waals surface area contributed by atoms with Crippen molar-refractivity contribution in [2.75, 3.05) is 19.0 Å². The Labute approximate surface area is 137 Å². The third-order valence-electron chi connectivity index (χ3n) is 3.24. The number of nitro benzene ring substituents is 1. The molecule has 0 atom stereocenters. The highest BCUT2D eigenvalue weighted by Crippen LogP contribution is 2.28. The molecule has 0 aliphatic rings. The van der Waals surface area contributed by atoms with Crippen LogP contribution >= 0.6 is 0 Å². The first-order valence-electron chi connectivity index (χ1n) is 7.07. The Morgan fingerprint density at radius 3 is 2.58 bits per heavy atom. The molecule has 0 bridgehead atoms. The molecule has 0 saturated carbocycles. The number of benzene rings is 2. The van der Waals surface area contributed by atoms with Crippen LogP contribution in [0.25, 0.3) is 0 Å². The van der Waals surface area contributed by atoms with Gasteiger partial charge in [0, 0.05) is 18.7 Å². The number of halogens is 1. The Morgan fingerprint density at radius 2 is 1.96 bits per heavy atom. The summed E-state index contributed by atoms with van der Waals surface area (Å²) in [7, 11) is 1.43. The molecule has 0 aliphatic carbocycles. The summed E-state index contributed by atoms with van der Waals surface area (Å²) >= 11 is 0. The molecule has 0 saturated heterocycles. The fourth-order valence-corrected chi connectivity index (χ4v) is 1.99. The van der Waals surface area contributed by atoms with Crippen molar-refractivity contribution in [2.24, 2.45) is 0 Å². The Morgan fingerprint density at radius 1 is 1.25 bits per heavy atom. The van der Waals surface area contributed by atoms with Crippen LogP contribution in [0, 0.1) is 15.9 Å². The van der Waals surface area contributed by atoms with E-state index in [1.807, 2.05) is 0 Å². The van der Waals surface area contributed by atoms with E-state index in [9.17, 15) is 19.3 Å². The molecule has 0 unspecified atom stereocenters. The van der Waals surface area contributed by atoms with Crippen molar-refractivity contribution in [1.82, 2.24) is 5.32 Å². The molecule has 0 heterocycles. The van der Waals surface area contributed by atoms with E-state index in [2.05, 4.69) is 10.6 Å². The topological polar surface area (TPSA) is 93.5 Å². The van der Waals surface area contributed by atoms with Crippen molar-refractivity contribution in [2.45, 2.75) is 6.54 Å². The molecule has 24 heavy (non-hydrogen) atoms. The van der Waals surface area contributed by atoms with Gasteiger partial charge < -0.3 is 15.4 Å². The van der Waals surface area contributed by atoms with Gasteiger partial charge >= 0.3 is 0 Å². The van der Waals surface area contributed by atoms with Crippen molar-refractivity contribution in [3.63, 3.8) is 0 Å². The van der Waals surface area contributed by atoms with E-state index in [1.54, 1.807) is 12.1 Å². The van der Waals surface area contributed by atoms with Crippen LogP contribution in [-0.4, -0.2) is 24.5 Å². The van der Waals surface area contributed by atoms with Crippen molar-refractivity contribution in [3.05, 3.63) is 64.0 Å². The highest BCUT2D eigenvalue weighted by atomic mass is 19.1. The summed E-state index contributed by atoms with van der Waals surface area (Å²) in [6.07, 6.45) is 0. The van der Waals surface area contributed by atoms with Gasteiger partial charge in [0.05, 0.1) is 24.3 Å². The minimum Gasteiger partial charge on any atom is -0.495 e. The lowest BCUT2D eigenvalue weighted by molar-refractivity contribution is -0.384. The Hall–Kier alpha value is -3.16. The average molecular weight is 333 g/mol. The van der Waals surface area contributed by atoms with Gasteiger partial charge in [-0.1, -0.05) is 12.1 Å². The Balaban J connectivity index is 1.92. The van der Waals surface area contributed by atoms with Crippen molar-refractivity contribution < 1.29 is 18.8 Å². The first-order chi connectivity index (χ1) is 11.5. The number of nitrogens with one attached hydrogen (secondary N) is 2. The summed E-state index contributed by atoms with van der Waals surface area (Å²) < 4.78 is 17.9. The third-order valence-corrected chi connectivity index (χ3v) is 3.24. The molecule has 2 rings (SSSR count). The summed E-state index contributed by atoms with van der Waals surface area (Å²) in [6.45, 7) is 0.172. The van der Waals surface area contributed by atoms with E-state index in [0.717, 1.165) is 5.56 Å². The Kier molecular flexibility index (Phi) is 5.67. The molecular weight excluding hydrogens is 317 g/mol. The van der Waals surface area contributed by atoms with Crippen molar-refractivity contribution >= 4 is 17.3 Å². The molecule has 2 N–H and O–H groups in total. The number of nitrogens with zero attached hydrogens (tertiary/aromatic N) is 1. The summed E-state index contributed by atoms with van der Waals surface area (Å²) in [6, 6.07) is 9.85. The normalized spacial score (nSPS) is 10.1. The molecule has 2 aromatic carbocycles. The number of non-ortho nitro benzene ring substituents is 1. The molecule has 8 heteroatoms. The molecule has 7 nitrogen and oxygen atoms in total. The first-order valence-corrected chi connectivity index (χ1v) is 7.07. The number of hydrogen-bond donors (Lipinski definition) is 2. The van der Waals surface area contributed by atoms with Crippen molar-refractivity contribution in [1.29, 1.82) is 0 Å². The van der Waals surface area contributed by atoms with Gasteiger partial charge in [0.25, 0.3) is 5.69 Å². The fourth-order valence-electron chi connectivity index (χ4n) is 1.99. The van der Waals surface area contributed by atoms with Gasteiger partial charge in [0.1, 0.15) is 11.6 Å². The zero-order valence-electron chi connectivity index (χ0n) is 12.9. The van der Waals surface area contributed by atoms with Crippen LogP contribution in [0.3, 0.4) is 0 Å². The smallest absolute Gasteiger partial charge is 0.271 e. The molecule has 0 spiro atoms. The van der Waals surface area contributed by atoms with Gasteiger partial charge in [-0.25, -0.2) is 4.39 Å². The van der Waals surface area contributed by atoms with E-state index in [4.69, 9.17) is 4.74 Å². The molecule has 1 amide bonds. The van der Waals surface area contributed by atoms with Crippen LogP contribution in [0.1, 0.15) is 5.56 Å². The highest BCUT2D eigenvalue weighted by molar-refractivity contribution is 5.81. The van der Waals surface area contributed by atoms with Crippen LogP contribution in [0.15, 0.2) is 42.5 Å². The highest BCUT2D eigenvalue weighted by Gasteiger charge is 2.12. The van der Waals surface area contributed by atoms with Crippen LogP contribution in [0.2, 0.25) is 0 Å². The number of methoxy groups -OCH3 is 1. The lowest BCUT2D eigenvalue weighted by atomic mass is 10.2. The van der Waals surface area contributed by atoms with E-state index in [-0.39, 0.29) is 30.5 Å². The molecule has 0 aromatic heterocycles. The third kappa shape index (κ3) is 4.67. The van der Waals surface area contributed by atoms with Crippen molar-refractivity contribution in [3.8, 4) is 5.75 Å². The Bertz CT molecular complexity index is 735. The molecule has 0 aliphatic heterocycles. The number of amides is 1. The maximum absolute atomic E-state index is 12.8. The number of ether oxygens (including phenoxy) is 1. The molecule has 0 radical (unpaired) electrons. The second kappa shape index (κ2) is 7.91. The van der Waals surface area contributed by atoms with Gasteiger partial charge in [-0.05, 0) is 23.8 Å². The molecule has 2 aromatic rings. The number of rotatable bonds is 7. The predicted octanol–water partition coefficient (Wildman–Crippen LogP) is 2.47. The minimum atomic E-state index is -0.529. The summed E-state index contributed by atoms with van der Waals surface area (Å²) in [5.41, 5.74) is 1.01. The summed E-state index contributed by atoms with van der Waals surface area (Å²) in [4.78, 5) is 22.1. The molecule has 0 fully saturated rings. The predicted molar refractivity (Wildman–Crippen MR) is 86.4 cm³/mol. The standard InChI is InChI=1S/C16H16FN3O4/c1-24-15-7-6-13(20(22)23)8-14(15)18-10-16(21)19-9-11-2-4-12(17)5-3-11/h2-8,18H,9-10H2,1H3,(H,19,21). The quantitative estimate of drug-likeness (QED) is 0.600. The largest absolute Gasteiger partial charge is 0.495 e. The number of nitro groups is 1. The maximum atomic E-state index is 12.8. The summed E-state index contributed by atoms with van der Waals surface area (Å²) in [5, 5.41) is 16.3. The average Bonchev–Trinajstić information content (AvgIpc) is 2.59. The first kappa shape index (κ1) is 17.2. The summed E-state index contributed by atoms with van der Waals surface area (Å²) in [5.74, 6) is -0.260. The lowest BCUT2D eigenvalue weighted by Crippen LogP contribution is -2.29. The number of hydrogen-bond acceptors (Lipinski definition) is 5. The zero-order chi connectivity index (χ0) is 17.5. The maximum Gasteiger partial charge on any atom is 0.271 e. The monoisotopic (exact) mass is 333 g/mol. The number of anilines is 1. The van der Waals surface area contributed by atoms with E-state index >= 15 is 0 Å². The number of carbonyl (C=O) groups is 1. The zero-order valence-corrected chi connectivity index (χ0v) is 12.9. The van der Waals surface area contributed by atoms with Gasteiger partial charge in [-0.2, -0.15) is 0 Å².